The van der Waals surface area contributed by atoms with Crippen LogP contribution in [-0.2, 0) is 6.42 Å². The summed E-state index contributed by atoms with van der Waals surface area (Å²) in [5.74, 6) is -0.165. The number of thiophene rings is 1. The quantitative estimate of drug-likeness (QED) is 0.849. The Labute approximate surface area is 119 Å². The van der Waals surface area contributed by atoms with Crippen molar-refractivity contribution in [3.63, 3.8) is 0 Å². The van der Waals surface area contributed by atoms with E-state index in [2.05, 4.69) is 39.6 Å². The fourth-order valence-electron chi connectivity index (χ4n) is 1.83. The number of hydrogen-bond acceptors (Lipinski definition) is 2. The summed E-state index contributed by atoms with van der Waals surface area (Å²) in [6.45, 7) is 2.98. The van der Waals surface area contributed by atoms with Crippen LogP contribution in [0.5, 0.6) is 0 Å². The van der Waals surface area contributed by atoms with Gasteiger partial charge in [-0.15, -0.1) is 11.3 Å². The van der Waals surface area contributed by atoms with Crippen molar-refractivity contribution < 1.29 is 4.39 Å². The van der Waals surface area contributed by atoms with Gasteiger partial charge in [0.25, 0.3) is 0 Å². The van der Waals surface area contributed by atoms with Crippen LogP contribution in [0, 0.1) is 5.82 Å². The molecule has 2 aromatic rings. The Hall–Kier alpha value is -0.710. The number of hydrogen-bond donors (Lipinski definition) is 1. The molecule has 0 saturated heterocycles. The highest BCUT2D eigenvalue weighted by Gasteiger charge is 2.09. The van der Waals surface area contributed by atoms with Crippen LogP contribution in [0.3, 0.4) is 0 Å². The summed E-state index contributed by atoms with van der Waals surface area (Å²) in [5, 5.41) is 5.53. The van der Waals surface area contributed by atoms with Crippen LogP contribution in [0.1, 0.15) is 23.4 Å². The van der Waals surface area contributed by atoms with Gasteiger partial charge < -0.3 is 5.32 Å². The average Bonchev–Trinajstić information content (AvgIpc) is 2.75. The topological polar surface area (TPSA) is 12.0 Å². The van der Waals surface area contributed by atoms with Gasteiger partial charge in [0.2, 0.25) is 0 Å². The SMILES string of the molecule is CC(NCCc1cccc(F)c1)c1sccc1Br. The molecule has 0 radical (unpaired) electrons. The van der Waals surface area contributed by atoms with Crippen molar-refractivity contribution in [3.05, 3.63) is 56.4 Å². The Balaban J connectivity index is 1.84. The van der Waals surface area contributed by atoms with Gasteiger partial charge in [-0.25, -0.2) is 4.39 Å². The number of nitrogens with one attached hydrogen (secondary N) is 1. The van der Waals surface area contributed by atoms with Crippen LogP contribution in [0.25, 0.3) is 0 Å². The zero-order valence-electron chi connectivity index (χ0n) is 10.1. The van der Waals surface area contributed by atoms with Gasteiger partial charge in [0, 0.05) is 15.4 Å². The van der Waals surface area contributed by atoms with Crippen LogP contribution in [0.4, 0.5) is 4.39 Å². The Morgan fingerprint density at radius 2 is 2.22 bits per heavy atom. The zero-order chi connectivity index (χ0) is 13.0. The predicted octanol–water partition coefficient (Wildman–Crippen LogP) is 4.54. The van der Waals surface area contributed by atoms with E-state index in [-0.39, 0.29) is 5.82 Å². The molecule has 0 aliphatic rings. The smallest absolute Gasteiger partial charge is 0.123 e. The van der Waals surface area contributed by atoms with E-state index in [1.165, 1.54) is 10.9 Å². The molecule has 1 heterocycles. The van der Waals surface area contributed by atoms with Crippen LogP contribution in [-0.4, -0.2) is 6.54 Å². The molecule has 4 heteroatoms. The molecule has 0 fully saturated rings. The predicted molar refractivity (Wildman–Crippen MR) is 78.5 cm³/mol. The monoisotopic (exact) mass is 327 g/mol. The van der Waals surface area contributed by atoms with Gasteiger partial charge in [-0.05, 0) is 65.0 Å². The maximum Gasteiger partial charge on any atom is 0.123 e. The summed E-state index contributed by atoms with van der Waals surface area (Å²) in [5.41, 5.74) is 1.03. The average molecular weight is 328 g/mol. The molecule has 0 spiro atoms. The van der Waals surface area contributed by atoms with Gasteiger partial charge in [-0.1, -0.05) is 12.1 Å². The fraction of sp³-hybridized carbons (Fsp3) is 0.286. The Kier molecular flexibility index (Phi) is 4.92. The molecule has 0 bridgehead atoms. The van der Waals surface area contributed by atoms with Gasteiger partial charge in [0.05, 0.1) is 0 Å². The maximum absolute atomic E-state index is 13.0. The van der Waals surface area contributed by atoms with Crippen LogP contribution >= 0.6 is 27.3 Å². The first kappa shape index (κ1) is 13.7. The van der Waals surface area contributed by atoms with Crippen molar-refractivity contribution in [2.75, 3.05) is 6.54 Å². The summed E-state index contributed by atoms with van der Waals surface area (Å²) >= 11 is 5.27. The van der Waals surface area contributed by atoms with E-state index in [0.29, 0.717) is 6.04 Å². The Morgan fingerprint density at radius 1 is 1.39 bits per heavy atom. The van der Waals surface area contributed by atoms with E-state index in [9.17, 15) is 4.39 Å². The summed E-state index contributed by atoms with van der Waals surface area (Å²) in [6, 6.07) is 9.15. The van der Waals surface area contributed by atoms with Crippen LogP contribution in [0.2, 0.25) is 0 Å². The lowest BCUT2D eigenvalue weighted by molar-refractivity contribution is 0.580. The minimum Gasteiger partial charge on any atom is -0.309 e. The van der Waals surface area contributed by atoms with E-state index in [4.69, 9.17) is 0 Å². The molecular formula is C14H15BrFNS. The van der Waals surface area contributed by atoms with Gasteiger partial charge in [-0.3, -0.25) is 0 Å². The molecule has 18 heavy (non-hydrogen) atoms. The van der Waals surface area contributed by atoms with Gasteiger partial charge in [0.15, 0.2) is 0 Å². The first-order chi connectivity index (χ1) is 8.66. The third-order valence-electron chi connectivity index (χ3n) is 2.79. The lowest BCUT2D eigenvalue weighted by Crippen LogP contribution is -2.20. The normalized spacial score (nSPS) is 12.6. The van der Waals surface area contributed by atoms with Crippen molar-refractivity contribution in [2.45, 2.75) is 19.4 Å². The lowest BCUT2D eigenvalue weighted by atomic mass is 10.1. The summed E-state index contributed by atoms with van der Waals surface area (Å²) in [7, 11) is 0. The molecule has 0 aliphatic carbocycles. The lowest BCUT2D eigenvalue weighted by Gasteiger charge is -2.13. The molecule has 0 saturated carbocycles. The molecule has 1 aromatic heterocycles. The van der Waals surface area contributed by atoms with Crippen molar-refractivity contribution in [3.8, 4) is 0 Å². The molecule has 1 nitrogen and oxygen atoms in total. The first-order valence-corrected chi connectivity index (χ1v) is 7.55. The van der Waals surface area contributed by atoms with Crippen molar-refractivity contribution in [1.29, 1.82) is 0 Å². The Morgan fingerprint density at radius 3 is 2.89 bits per heavy atom. The molecule has 96 valence electrons. The minimum absolute atomic E-state index is 0.165. The van der Waals surface area contributed by atoms with E-state index in [0.717, 1.165) is 23.0 Å². The number of benzene rings is 1. The molecule has 2 rings (SSSR count). The van der Waals surface area contributed by atoms with Crippen LogP contribution in [0.15, 0.2) is 40.2 Å². The summed E-state index contributed by atoms with van der Waals surface area (Å²) < 4.78 is 14.2. The van der Waals surface area contributed by atoms with E-state index < -0.39 is 0 Å². The molecule has 1 N–H and O–H groups in total. The first-order valence-electron chi connectivity index (χ1n) is 5.87. The molecule has 1 unspecified atom stereocenters. The molecular weight excluding hydrogens is 313 g/mol. The van der Waals surface area contributed by atoms with Crippen molar-refractivity contribution in [1.82, 2.24) is 5.32 Å². The zero-order valence-corrected chi connectivity index (χ0v) is 12.5. The van der Waals surface area contributed by atoms with Gasteiger partial charge >= 0.3 is 0 Å². The van der Waals surface area contributed by atoms with Crippen molar-refractivity contribution in [2.24, 2.45) is 0 Å². The van der Waals surface area contributed by atoms with E-state index in [1.807, 2.05) is 6.07 Å². The highest BCUT2D eigenvalue weighted by molar-refractivity contribution is 9.10. The van der Waals surface area contributed by atoms with Gasteiger partial charge in [0.1, 0.15) is 5.82 Å². The van der Waals surface area contributed by atoms with Crippen molar-refractivity contribution >= 4 is 27.3 Å². The highest BCUT2D eigenvalue weighted by Crippen LogP contribution is 2.28. The third kappa shape index (κ3) is 3.64. The van der Waals surface area contributed by atoms with Crippen LogP contribution < -0.4 is 5.32 Å². The number of rotatable bonds is 5. The summed E-state index contributed by atoms with van der Waals surface area (Å²) in [4.78, 5) is 1.30. The third-order valence-corrected chi connectivity index (χ3v) is 4.84. The molecule has 1 aromatic carbocycles. The van der Waals surface area contributed by atoms with E-state index in [1.54, 1.807) is 23.5 Å². The number of halogens is 2. The minimum atomic E-state index is -0.165. The van der Waals surface area contributed by atoms with Gasteiger partial charge in [-0.2, -0.15) is 0 Å². The Bertz CT molecular complexity index is 512. The standard InChI is InChI=1S/C14H15BrFNS/c1-10(14-13(15)6-8-18-14)17-7-5-11-3-2-4-12(16)9-11/h2-4,6,8-10,17H,5,7H2,1H3. The molecule has 1 atom stereocenters. The second-order valence-electron chi connectivity index (χ2n) is 4.19. The fourth-order valence-corrected chi connectivity index (χ4v) is 3.58. The maximum atomic E-state index is 13.0. The second-order valence-corrected chi connectivity index (χ2v) is 5.99. The highest BCUT2D eigenvalue weighted by atomic mass is 79.9. The second kappa shape index (κ2) is 6.45. The molecule has 0 aliphatic heterocycles. The largest absolute Gasteiger partial charge is 0.309 e. The summed E-state index contributed by atoms with van der Waals surface area (Å²) in [6.07, 6.45) is 0.838. The molecule has 0 amide bonds. The van der Waals surface area contributed by atoms with E-state index >= 15 is 0 Å².